The molecule has 1 aliphatic rings. The van der Waals surface area contributed by atoms with Crippen LogP contribution < -0.4 is 5.32 Å². The summed E-state index contributed by atoms with van der Waals surface area (Å²) in [6.07, 6.45) is 1.62. The van der Waals surface area contributed by atoms with Crippen LogP contribution in [0.3, 0.4) is 0 Å². The molecule has 1 fully saturated rings. The average molecular weight is 328 g/mol. The number of rotatable bonds is 5. The molecule has 1 aromatic carbocycles. The van der Waals surface area contributed by atoms with E-state index in [1.54, 1.807) is 13.1 Å². The van der Waals surface area contributed by atoms with E-state index in [1.165, 1.54) is 5.56 Å². The second-order valence-corrected chi connectivity index (χ2v) is 6.83. The Morgan fingerprint density at radius 2 is 2.12 bits per heavy atom. The molecule has 5 heteroatoms. The summed E-state index contributed by atoms with van der Waals surface area (Å²) in [7, 11) is 0. The number of carbonyl (C=O) groups is 1. The fourth-order valence-electron chi connectivity index (χ4n) is 2.92. The number of nitrogens with zero attached hydrogens (tertiary/aromatic N) is 1. The molecule has 5 nitrogen and oxygen atoms in total. The van der Waals surface area contributed by atoms with Gasteiger partial charge in [0.1, 0.15) is 5.56 Å². The maximum Gasteiger partial charge on any atom is 0.341 e. The lowest BCUT2D eigenvalue weighted by atomic mass is 9.88. The van der Waals surface area contributed by atoms with Gasteiger partial charge in [0.05, 0.1) is 31.0 Å². The molecule has 0 spiro atoms. The van der Waals surface area contributed by atoms with Gasteiger partial charge in [-0.05, 0) is 31.9 Å². The predicted octanol–water partition coefficient (Wildman–Crippen LogP) is 3.48. The smallest absolute Gasteiger partial charge is 0.341 e. The van der Waals surface area contributed by atoms with Gasteiger partial charge >= 0.3 is 5.97 Å². The van der Waals surface area contributed by atoms with Gasteiger partial charge in [-0.15, -0.1) is 0 Å². The van der Waals surface area contributed by atoms with Crippen LogP contribution >= 0.6 is 0 Å². The minimum absolute atomic E-state index is 0.0985. The van der Waals surface area contributed by atoms with Crippen LogP contribution in [-0.2, 0) is 9.47 Å². The molecule has 2 heterocycles. The number of hydrogen-bond donors (Lipinski definition) is 1. The van der Waals surface area contributed by atoms with Crippen LogP contribution in [0.5, 0.6) is 0 Å². The fourth-order valence-corrected chi connectivity index (χ4v) is 2.92. The Morgan fingerprint density at radius 3 is 2.75 bits per heavy atom. The van der Waals surface area contributed by atoms with Gasteiger partial charge in [-0.25, -0.2) is 4.79 Å². The minimum atomic E-state index is -0.345. The number of carbonyl (C=O) groups excluding carboxylic acids is 1. The van der Waals surface area contributed by atoms with Crippen molar-refractivity contribution in [2.24, 2.45) is 5.41 Å². The number of esters is 1. The average Bonchev–Trinajstić information content (AvgIpc) is 2.54. The molecular weight excluding hydrogens is 304 g/mol. The number of anilines is 1. The Bertz CT molecular complexity index is 782. The van der Waals surface area contributed by atoms with E-state index in [2.05, 4.69) is 37.1 Å². The van der Waals surface area contributed by atoms with E-state index < -0.39 is 0 Å². The fraction of sp³-hybridized carbons (Fsp3) is 0.474. The largest absolute Gasteiger partial charge is 0.462 e. The maximum atomic E-state index is 12.3. The predicted molar refractivity (Wildman–Crippen MR) is 94.6 cm³/mol. The van der Waals surface area contributed by atoms with Gasteiger partial charge in [0.2, 0.25) is 0 Å². The van der Waals surface area contributed by atoms with Crippen LogP contribution in [0.25, 0.3) is 10.9 Å². The molecular formula is C19H24N2O3. The Kier molecular flexibility index (Phi) is 4.45. The Labute approximate surface area is 142 Å². The molecule has 2 aromatic rings. The first-order valence-electron chi connectivity index (χ1n) is 8.33. The third kappa shape index (κ3) is 2.96. The van der Waals surface area contributed by atoms with Crippen LogP contribution in [-0.4, -0.2) is 37.3 Å². The van der Waals surface area contributed by atoms with Crippen molar-refractivity contribution in [2.45, 2.75) is 27.7 Å². The quantitative estimate of drug-likeness (QED) is 0.852. The van der Waals surface area contributed by atoms with Crippen LogP contribution in [0.15, 0.2) is 18.3 Å². The van der Waals surface area contributed by atoms with Crippen LogP contribution in [0.2, 0.25) is 0 Å². The molecule has 0 unspecified atom stereocenters. The van der Waals surface area contributed by atoms with Gasteiger partial charge in [-0.3, -0.25) is 4.98 Å². The van der Waals surface area contributed by atoms with Crippen molar-refractivity contribution in [1.82, 2.24) is 4.98 Å². The molecule has 0 saturated carbocycles. The van der Waals surface area contributed by atoms with E-state index in [4.69, 9.17) is 9.47 Å². The van der Waals surface area contributed by atoms with Gasteiger partial charge in [0.25, 0.3) is 0 Å². The summed E-state index contributed by atoms with van der Waals surface area (Å²) in [6, 6.07) is 4.09. The molecule has 128 valence electrons. The lowest BCUT2D eigenvalue weighted by Crippen LogP contribution is -2.45. The van der Waals surface area contributed by atoms with Crippen molar-refractivity contribution in [3.05, 3.63) is 35.0 Å². The molecule has 1 aliphatic heterocycles. The molecule has 0 aliphatic carbocycles. The number of nitrogens with one attached hydrogen (secondary N) is 1. The van der Waals surface area contributed by atoms with Crippen molar-refractivity contribution >= 4 is 22.6 Å². The minimum Gasteiger partial charge on any atom is -0.462 e. The van der Waals surface area contributed by atoms with Gasteiger partial charge in [0, 0.05) is 23.5 Å². The maximum absolute atomic E-state index is 12.3. The molecule has 3 rings (SSSR count). The van der Waals surface area contributed by atoms with Crippen molar-refractivity contribution < 1.29 is 14.3 Å². The lowest BCUT2D eigenvalue weighted by molar-refractivity contribution is -0.0924. The van der Waals surface area contributed by atoms with E-state index in [9.17, 15) is 4.79 Å². The Hall–Kier alpha value is -2.14. The summed E-state index contributed by atoms with van der Waals surface area (Å²) in [5, 5.41) is 4.42. The lowest BCUT2D eigenvalue weighted by Gasteiger charge is -2.38. The number of benzene rings is 1. The Morgan fingerprint density at radius 1 is 1.38 bits per heavy atom. The molecule has 0 amide bonds. The van der Waals surface area contributed by atoms with Crippen molar-refractivity contribution in [3.63, 3.8) is 0 Å². The SMILES string of the molecule is CCOC(=O)c1cnc2c(C)c(C)ccc2c1NCC1(C)COC1. The highest BCUT2D eigenvalue weighted by atomic mass is 16.5. The van der Waals surface area contributed by atoms with Gasteiger partial charge < -0.3 is 14.8 Å². The van der Waals surface area contributed by atoms with E-state index in [0.717, 1.165) is 41.9 Å². The number of ether oxygens (including phenoxy) is 2. The topological polar surface area (TPSA) is 60.5 Å². The summed E-state index contributed by atoms with van der Waals surface area (Å²) in [4.78, 5) is 16.9. The van der Waals surface area contributed by atoms with Crippen LogP contribution in [0.4, 0.5) is 5.69 Å². The van der Waals surface area contributed by atoms with Crippen molar-refractivity contribution in [2.75, 3.05) is 31.7 Å². The van der Waals surface area contributed by atoms with Gasteiger partial charge in [0.15, 0.2) is 0 Å². The highest BCUT2D eigenvalue weighted by Crippen LogP contribution is 2.32. The summed E-state index contributed by atoms with van der Waals surface area (Å²) in [5.41, 5.74) is 4.61. The summed E-state index contributed by atoms with van der Waals surface area (Å²) < 4.78 is 10.5. The van der Waals surface area contributed by atoms with Crippen LogP contribution in [0, 0.1) is 19.3 Å². The standard InChI is InChI=1S/C19H24N2O3/c1-5-24-18(22)15-8-20-16-13(3)12(2)6-7-14(16)17(15)21-9-19(4)10-23-11-19/h6-8H,5,9-11H2,1-4H3,(H,20,21). The van der Waals surface area contributed by atoms with Crippen molar-refractivity contribution in [1.29, 1.82) is 0 Å². The first-order chi connectivity index (χ1) is 11.4. The third-order valence-corrected chi connectivity index (χ3v) is 4.65. The number of hydrogen-bond acceptors (Lipinski definition) is 5. The van der Waals surface area contributed by atoms with Crippen LogP contribution in [0.1, 0.15) is 35.3 Å². The Balaban J connectivity index is 2.07. The van der Waals surface area contributed by atoms with Gasteiger partial charge in [-0.1, -0.05) is 19.1 Å². The summed E-state index contributed by atoms with van der Waals surface area (Å²) >= 11 is 0. The molecule has 0 radical (unpaired) electrons. The zero-order valence-electron chi connectivity index (χ0n) is 14.7. The zero-order chi connectivity index (χ0) is 17.3. The molecule has 1 saturated heterocycles. The van der Waals surface area contributed by atoms with Gasteiger partial charge in [-0.2, -0.15) is 0 Å². The zero-order valence-corrected chi connectivity index (χ0v) is 14.7. The summed E-state index contributed by atoms with van der Waals surface area (Å²) in [5.74, 6) is -0.345. The number of fused-ring (bicyclic) bond motifs is 1. The first kappa shape index (κ1) is 16.7. The molecule has 0 atom stereocenters. The van der Waals surface area contributed by atoms with E-state index >= 15 is 0 Å². The monoisotopic (exact) mass is 328 g/mol. The molecule has 0 bridgehead atoms. The third-order valence-electron chi connectivity index (χ3n) is 4.65. The van der Waals surface area contributed by atoms with Crippen molar-refractivity contribution in [3.8, 4) is 0 Å². The second-order valence-electron chi connectivity index (χ2n) is 6.83. The highest BCUT2D eigenvalue weighted by molar-refractivity contribution is 6.05. The van der Waals surface area contributed by atoms with E-state index in [0.29, 0.717) is 12.2 Å². The number of aryl methyl sites for hydroxylation is 2. The number of aromatic nitrogens is 1. The molecule has 1 aromatic heterocycles. The van der Waals surface area contributed by atoms with E-state index in [1.807, 2.05) is 6.07 Å². The highest BCUT2D eigenvalue weighted by Gasteiger charge is 2.33. The summed E-state index contributed by atoms with van der Waals surface area (Å²) in [6.45, 7) is 10.6. The molecule has 24 heavy (non-hydrogen) atoms. The molecule has 1 N–H and O–H groups in total. The normalized spacial score (nSPS) is 15.8. The number of pyridine rings is 1. The first-order valence-corrected chi connectivity index (χ1v) is 8.33. The van der Waals surface area contributed by atoms with E-state index in [-0.39, 0.29) is 11.4 Å². The second kappa shape index (κ2) is 6.40.